The molecule has 1 aliphatic heterocycles. The summed E-state index contributed by atoms with van der Waals surface area (Å²) in [6, 6.07) is 2.92. The average Bonchev–Trinajstić information content (AvgIpc) is 2.72. The zero-order valence-corrected chi connectivity index (χ0v) is 15.0. The first-order valence-electron chi connectivity index (χ1n) is 6.02. The highest BCUT2D eigenvalue weighted by Gasteiger charge is 2.44. The number of primary amides is 1. The van der Waals surface area contributed by atoms with Crippen molar-refractivity contribution < 1.29 is 13.2 Å². The van der Waals surface area contributed by atoms with Gasteiger partial charge >= 0.3 is 0 Å². The Kier molecular flexibility index (Phi) is 4.62. The van der Waals surface area contributed by atoms with Crippen molar-refractivity contribution in [1.82, 2.24) is 4.31 Å². The van der Waals surface area contributed by atoms with E-state index in [2.05, 4.69) is 15.9 Å². The summed E-state index contributed by atoms with van der Waals surface area (Å²) in [6.45, 7) is 1.87. The maximum Gasteiger partial charge on any atom is 0.246 e. The fourth-order valence-corrected chi connectivity index (χ4v) is 5.68. The molecule has 1 aromatic carbocycles. The topological polar surface area (TPSA) is 80.5 Å². The first-order chi connectivity index (χ1) is 9.58. The van der Waals surface area contributed by atoms with Gasteiger partial charge in [0.05, 0.1) is 15.5 Å². The highest BCUT2D eigenvalue weighted by molar-refractivity contribution is 9.10. The average molecular weight is 416 g/mol. The van der Waals surface area contributed by atoms with Gasteiger partial charge in [0.2, 0.25) is 15.9 Å². The van der Waals surface area contributed by atoms with Crippen molar-refractivity contribution in [3.05, 3.63) is 26.7 Å². The summed E-state index contributed by atoms with van der Waals surface area (Å²) in [4.78, 5) is 11.3. The molecule has 1 saturated heterocycles. The van der Waals surface area contributed by atoms with Gasteiger partial charge in [0, 0.05) is 17.6 Å². The number of nitrogens with zero attached hydrogens (tertiary/aromatic N) is 1. The van der Waals surface area contributed by atoms with Crippen LogP contribution in [0.4, 0.5) is 0 Å². The third kappa shape index (κ3) is 3.07. The maximum atomic E-state index is 12.7. The van der Waals surface area contributed by atoms with Crippen LogP contribution in [0.1, 0.15) is 13.3 Å². The Bertz CT molecular complexity index is 687. The fourth-order valence-electron chi connectivity index (χ4n) is 2.23. The number of carbonyl (C=O) groups is 1. The Morgan fingerprint density at radius 1 is 1.38 bits per heavy atom. The predicted octanol–water partition coefficient (Wildman–Crippen LogP) is 2.64. The van der Waals surface area contributed by atoms with Gasteiger partial charge in [-0.05, 0) is 25.5 Å². The lowest BCUT2D eigenvalue weighted by atomic mass is 9.89. The van der Waals surface area contributed by atoms with Crippen molar-refractivity contribution >= 4 is 55.1 Å². The number of hydrogen-bond donors (Lipinski definition) is 1. The molecule has 21 heavy (non-hydrogen) atoms. The van der Waals surface area contributed by atoms with E-state index in [-0.39, 0.29) is 28.0 Å². The minimum Gasteiger partial charge on any atom is -0.369 e. The van der Waals surface area contributed by atoms with Crippen LogP contribution in [0.2, 0.25) is 10.0 Å². The van der Waals surface area contributed by atoms with E-state index in [1.165, 1.54) is 16.4 Å². The second-order valence-corrected chi connectivity index (χ2v) is 8.82. The summed E-state index contributed by atoms with van der Waals surface area (Å²) in [7, 11) is -3.88. The van der Waals surface area contributed by atoms with Crippen molar-refractivity contribution in [1.29, 1.82) is 0 Å². The molecule has 0 radical (unpaired) electrons. The molecule has 2 rings (SSSR count). The van der Waals surface area contributed by atoms with Crippen LogP contribution in [0.25, 0.3) is 0 Å². The van der Waals surface area contributed by atoms with E-state index >= 15 is 0 Å². The van der Waals surface area contributed by atoms with Crippen LogP contribution in [0.15, 0.2) is 21.5 Å². The maximum absolute atomic E-state index is 12.7. The minimum atomic E-state index is -3.88. The molecule has 0 spiro atoms. The second kappa shape index (κ2) is 5.70. The van der Waals surface area contributed by atoms with Crippen LogP contribution in [-0.2, 0) is 14.8 Å². The third-order valence-electron chi connectivity index (χ3n) is 3.59. The van der Waals surface area contributed by atoms with E-state index in [9.17, 15) is 13.2 Å². The van der Waals surface area contributed by atoms with Gasteiger partial charge in [0.1, 0.15) is 4.90 Å². The zero-order chi connectivity index (χ0) is 16.0. The molecule has 0 aromatic heterocycles. The summed E-state index contributed by atoms with van der Waals surface area (Å²) in [5, 5.41) is 0.0594. The van der Waals surface area contributed by atoms with Crippen molar-refractivity contribution in [2.24, 2.45) is 11.1 Å². The van der Waals surface area contributed by atoms with Gasteiger partial charge in [0.15, 0.2) is 0 Å². The molecule has 0 aliphatic carbocycles. The molecule has 1 fully saturated rings. The summed E-state index contributed by atoms with van der Waals surface area (Å²) in [5.41, 5.74) is 4.46. The Balaban J connectivity index is 2.44. The zero-order valence-electron chi connectivity index (χ0n) is 11.1. The Labute approximate surface area is 141 Å². The van der Waals surface area contributed by atoms with Crippen molar-refractivity contribution in [3.8, 4) is 0 Å². The first kappa shape index (κ1) is 17.0. The smallest absolute Gasteiger partial charge is 0.246 e. The lowest BCUT2D eigenvalue weighted by Crippen LogP contribution is -2.38. The van der Waals surface area contributed by atoms with Crippen LogP contribution in [0.3, 0.4) is 0 Å². The van der Waals surface area contributed by atoms with Gasteiger partial charge in [-0.3, -0.25) is 4.79 Å². The lowest BCUT2D eigenvalue weighted by Gasteiger charge is -2.21. The molecule has 116 valence electrons. The van der Waals surface area contributed by atoms with Gasteiger partial charge in [-0.25, -0.2) is 8.42 Å². The summed E-state index contributed by atoms with van der Waals surface area (Å²) in [6.07, 6.45) is 0.368. The lowest BCUT2D eigenvalue weighted by molar-refractivity contribution is -0.126. The van der Waals surface area contributed by atoms with Crippen LogP contribution in [-0.4, -0.2) is 31.7 Å². The number of hydrogen-bond acceptors (Lipinski definition) is 3. The first-order valence-corrected chi connectivity index (χ1v) is 9.01. The standard InChI is InChI=1S/C12H13BrCl2N2O3S/c1-12(11(16)18)2-3-17(6-12)21(19,20)10-8(14)4-7(13)5-9(10)15/h4-5H,2-3,6H2,1H3,(H2,16,18). The molecule has 9 heteroatoms. The molecule has 0 saturated carbocycles. The van der Waals surface area contributed by atoms with Gasteiger partial charge < -0.3 is 5.73 Å². The van der Waals surface area contributed by atoms with E-state index < -0.39 is 21.3 Å². The van der Waals surface area contributed by atoms with E-state index in [1.807, 2.05) is 0 Å². The van der Waals surface area contributed by atoms with Gasteiger partial charge in [0.25, 0.3) is 0 Å². The van der Waals surface area contributed by atoms with Crippen LogP contribution >= 0.6 is 39.1 Å². The van der Waals surface area contributed by atoms with Crippen LogP contribution in [0, 0.1) is 5.41 Å². The number of rotatable bonds is 3. The fraction of sp³-hybridized carbons (Fsp3) is 0.417. The van der Waals surface area contributed by atoms with Crippen LogP contribution in [0.5, 0.6) is 0 Å². The number of nitrogens with two attached hydrogens (primary N) is 1. The Hall–Kier alpha value is -0.340. The summed E-state index contributed by atoms with van der Waals surface area (Å²) in [5.74, 6) is -0.520. The van der Waals surface area contributed by atoms with Crippen LogP contribution < -0.4 is 5.73 Å². The molecule has 5 nitrogen and oxygen atoms in total. The molecule has 1 aliphatic rings. The molecule has 1 atom stereocenters. The van der Waals surface area contributed by atoms with Gasteiger partial charge in [-0.15, -0.1) is 0 Å². The van der Waals surface area contributed by atoms with Crippen molar-refractivity contribution in [2.75, 3.05) is 13.1 Å². The van der Waals surface area contributed by atoms with E-state index in [1.54, 1.807) is 6.92 Å². The molecular formula is C12H13BrCl2N2O3S. The minimum absolute atomic E-state index is 0.0212. The van der Waals surface area contributed by atoms with E-state index in [0.29, 0.717) is 10.9 Å². The summed E-state index contributed by atoms with van der Waals surface area (Å²) >= 11 is 15.2. The highest BCUT2D eigenvalue weighted by atomic mass is 79.9. The van der Waals surface area contributed by atoms with Gasteiger partial charge in [-0.2, -0.15) is 4.31 Å². The highest BCUT2D eigenvalue weighted by Crippen LogP contribution is 2.38. The molecule has 0 bridgehead atoms. The molecule has 1 heterocycles. The Morgan fingerprint density at radius 2 is 1.90 bits per heavy atom. The number of sulfonamides is 1. The quantitative estimate of drug-likeness (QED) is 0.823. The number of carbonyl (C=O) groups excluding carboxylic acids is 1. The Morgan fingerprint density at radius 3 is 2.33 bits per heavy atom. The third-order valence-corrected chi connectivity index (χ3v) is 6.82. The molecule has 1 amide bonds. The molecule has 2 N–H and O–H groups in total. The summed E-state index contributed by atoms with van der Waals surface area (Å²) < 4.78 is 27.2. The normalized spacial score (nSPS) is 23.4. The SMILES string of the molecule is CC1(C(N)=O)CCN(S(=O)(=O)c2c(Cl)cc(Br)cc2Cl)C1. The monoisotopic (exact) mass is 414 g/mol. The second-order valence-electron chi connectivity index (χ2n) is 5.21. The van der Waals surface area contributed by atoms with E-state index in [4.69, 9.17) is 28.9 Å². The largest absolute Gasteiger partial charge is 0.369 e. The number of amides is 1. The van der Waals surface area contributed by atoms with Crippen molar-refractivity contribution in [3.63, 3.8) is 0 Å². The van der Waals surface area contributed by atoms with Crippen molar-refractivity contribution in [2.45, 2.75) is 18.2 Å². The predicted molar refractivity (Wildman–Crippen MR) is 84.8 cm³/mol. The molecule has 1 unspecified atom stereocenters. The molecule has 1 aromatic rings. The molecular weight excluding hydrogens is 403 g/mol. The van der Waals surface area contributed by atoms with Gasteiger partial charge in [-0.1, -0.05) is 39.1 Å². The van der Waals surface area contributed by atoms with E-state index in [0.717, 1.165) is 0 Å². The number of halogens is 3. The number of benzene rings is 1.